The molecule has 0 aromatic heterocycles. The molecule has 25 heavy (non-hydrogen) atoms. The molecule has 132 valence electrons. The first-order valence-electron chi connectivity index (χ1n) is 8.68. The Balaban J connectivity index is 1.50. The third kappa shape index (κ3) is 5.21. The number of carbonyl (C=O) groups excluding carboxylic acids is 1. The number of benzene rings is 2. The number of aryl methyl sites for hydroxylation is 1. The monoisotopic (exact) mass is 357 g/mol. The summed E-state index contributed by atoms with van der Waals surface area (Å²) in [5.41, 5.74) is 3.13. The van der Waals surface area contributed by atoms with Gasteiger partial charge in [-0.3, -0.25) is 4.79 Å². The van der Waals surface area contributed by atoms with Crippen LogP contribution in [-0.2, 0) is 11.2 Å². The second-order valence-electron chi connectivity index (χ2n) is 6.52. The zero-order valence-electron chi connectivity index (χ0n) is 14.5. The summed E-state index contributed by atoms with van der Waals surface area (Å²) >= 11 is 5.97. The Labute approximate surface area is 154 Å². The summed E-state index contributed by atoms with van der Waals surface area (Å²) in [6, 6.07) is 15.8. The highest BCUT2D eigenvalue weighted by Crippen LogP contribution is 2.19. The smallest absolute Gasteiger partial charge is 0.224 e. The average Bonchev–Trinajstić information content (AvgIpc) is 2.62. The van der Waals surface area contributed by atoms with E-state index in [9.17, 15) is 4.79 Å². The van der Waals surface area contributed by atoms with E-state index < -0.39 is 0 Å². The normalized spacial score (nSPS) is 15.2. The van der Waals surface area contributed by atoms with Crippen LogP contribution in [0.3, 0.4) is 0 Å². The number of nitrogens with zero attached hydrogens (tertiary/aromatic N) is 2. The van der Waals surface area contributed by atoms with Gasteiger partial charge in [-0.2, -0.15) is 0 Å². The highest BCUT2D eigenvalue weighted by Gasteiger charge is 2.14. The molecule has 1 aliphatic heterocycles. The number of nitrogens with one attached hydrogen (secondary N) is 1. The summed E-state index contributed by atoms with van der Waals surface area (Å²) in [5.74, 6) is 0.0207. The van der Waals surface area contributed by atoms with Crippen molar-refractivity contribution in [3.63, 3.8) is 0 Å². The van der Waals surface area contributed by atoms with Crippen LogP contribution in [0.1, 0.15) is 12.0 Å². The molecule has 1 aliphatic rings. The summed E-state index contributed by atoms with van der Waals surface area (Å²) in [7, 11) is 2.15. The Morgan fingerprint density at radius 1 is 1.08 bits per heavy atom. The molecule has 2 aromatic carbocycles. The molecule has 0 radical (unpaired) electrons. The van der Waals surface area contributed by atoms with Gasteiger partial charge in [0.05, 0.1) is 0 Å². The fraction of sp³-hybridized carbons (Fsp3) is 0.350. The van der Waals surface area contributed by atoms with E-state index in [1.165, 1.54) is 5.69 Å². The van der Waals surface area contributed by atoms with Crippen molar-refractivity contribution in [3.8, 4) is 0 Å². The van der Waals surface area contributed by atoms with Crippen molar-refractivity contribution in [2.45, 2.75) is 12.8 Å². The highest BCUT2D eigenvalue weighted by molar-refractivity contribution is 6.30. The van der Waals surface area contributed by atoms with Crippen LogP contribution in [0.15, 0.2) is 48.5 Å². The largest absolute Gasteiger partial charge is 0.369 e. The predicted molar refractivity (Wildman–Crippen MR) is 105 cm³/mol. The number of rotatable bonds is 5. The Morgan fingerprint density at radius 3 is 2.48 bits per heavy atom. The third-order valence-corrected chi connectivity index (χ3v) is 4.78. The molecule has 2 aromatic rings. The molecule has 0 saturated carbocycles. The Bertz CT molecular complexity index is 709. The molecule has 3 rings (SSSR count). The number of carbonyl (C=O) groups is 1. The number of hydrogen-bond acceptors (Lipinski definition) is 3. The number of likely N-dealkylation sites (N-methyl/N-ethyl adjacent to an activating group) is 1. The fourth-order valence-electron chi connectivity index (χ4n) is 2.99. The molecule has 0 bridgehead atoms. The van der Waals surface area contributed by atoms with Crippen LogP contribution in [0.25, 0.3) is 0 Å². The van der Waals surface area contributed by atoms with E-state index in [0.717, 1.165) is 37.4 Å². The molecular weight excluding hydrogens is 334 g/mol. The summed E-state index contributed by atoms with van der Waals surface area (Å²) in [5, 5.41) is 3.67. The minimum absolute atomic E-state index is 0.0207. The first-order valence-corrected chi connectivity index (χ1v) is 9.06. The molecule has 0 unspecified atom stereocenters. The maximum absolute atomic E-state index is 12.1. The highest BCUT2D eigenvalue weighted by atomic mass is 35.5. The van der Waals surface area contributed by atoms with Crippen molar-refractivity contribution >= 4 is 28.9 Å². The molecular formula is C20H24ClN3O. The number of halogens is 1. The second kappa shape index (κ2) is 8.37. The van der Waals surface area contributed by atoms with Gasteiger partial charge in [-0.15, -0.1) is 0 Å². The average molecular weight is 358 g/mol. The van der Waals surface area contributed by atoms with Crippen molar-refractivity contribution in [1.82, 2.24) is 4.90 Å². The van der Waals surface area contributed by atoms with Crippen molar-refractivity contribution in [2.24, 2.45) is 0 Å². The molecule has 1 N–H and O–H groups in total. The van der Waals surface area contributed by atoms with Gasteiger partial charge in [0.1, 0.15) is 0 Å². The Morgan fingerprint density at radius 2 is 1.80 bits per heavy atom. The van der Waals surface area contributed by atoms with Crippen molar-refractivity contribution in [2.75, 3.05) is 43.4 Å². The van der Waals surface area contributed by atoms with Crippen molar-refractivity contribution < 1.29 is 4.79 Å². The Hall–Kier alpha value is -2.04. The van der Waals surface area contributed by atoms with Gasteiger partial charge in [0, 0.05) is 49.0 Å². The third-order valence-electron chi connectivity index (χ3n) is 4.55. The molecule has 5 heteroatoms. The quantitative estimate of drug-likeness (QED) is 0.887. The van der Waals surface area contributed by atoms with E-state index in [-0.39, 0.29) is 5.91 Å². The summed E-state index contributed by atoms with van der Waals surface area (Å²) in [6.07, 6.45) is 1.13. The van der Waals surface area contributed by atoms with E-state index in [4.69, 9.17) is 11.6 Å². The van der Waals surface area contributed by atoms with E-state index in [1.807, 2.05) is 36.4 Å². The maximum Gasteiger partial charge on any atom is 0.224 e. The van der Waals surface area contributed by atoms with Crippen molar-refractivity contribution in [3.05, 3.63) is 59.1 Å². The molecule has 0 spiro atoms. The van der Waals surface area contributed by atoms with Crippen LogP contribution in [-0.4, -0.2) is 44.0 Å². The molecule has 4 nitrogen and oxygen atoms in total. The maximum atomic E-state index is 12.1. The van der Waals surface area contributed by atoms with Gasteiger partial charge in [-0.25, -0.2) is 0 Å². The van der Waals surface area contributed by atoms with E-state index in [0.29, 0.717) is 17.9 Å². The number of anilines is 2. The van der Waals surface area contributed by atoms with Crippen LogP contribution in [0.4, 0.5) is 11.4 Å². The lowest BCUT2D eigenvalue weighted by Gasteiger charge is -2.34. The van der Waals surface area contributed by atoms with Crippen molar-refractivity contribution in [1.29, 1.82) is 0 Å². The van der Waals surface area contributed by atoms with Gasteiger partial charge < -0.3 is 15.1 Å². The zero-order valence-corrected chi connectivity index (χ0v) is 15.3. The van der Waals surface area contributed by atoms with Crippen LogP contribution >= 0.6 is 11.6 Å². The topological polar surface area (TPSA) is 35.6 Å². The SMILES string of the molecule is CN1CCN(c2ccc(NC(=O)CCc3cccc(Cl)c3)cc2)CC1. The molecule has 1 amide bonds. The minimum atomic E-state index is 0.0207. The molecule has 1 heterocycles. The predicted octanol–water partition coefficient (Wildman–Crippen LogP) is 3.66. The summed E-state index contributed by atoms with van der Waals surface area (Å²) in [4.78, 5) is 16.9. The lowest BCUT2D eigenvalue weighted by Crippen LogP contribution is -2.44. The van der Waals surface area contributed by atoms with Gasteiger partial charge >= 0.3 is 0 Å². The lowest BCUT2D eigenvalue weighted by atomic mass is 10.1. The number of hydrogen-bond donors (Lipinski definition) is 1. The fourth-order valence-corrected chi connectivity index (χ4v) is 3.21. The van der Waals surface area contributed by atoms with Crippen LogP contribution < -0.4 is 10.2 Å². The molecule has 1 fully saturated rings. The van der Waals surface area contributed by atoms with Gasteiger partial charge in [-0.05, 0) is 55.4 Å². The lowest BCUT2D eigenvalue weighted by molar-refractivity contribution is -0.116. The zero-order chi connectivity index (χ0) is 17.6. The standard InChI is InChI=1S/C20H24ClN3O/c1-23-11-13-24(14-12-23)19-8-6-18(7-9-19)22-20(25)10-5-16-3-2-4-17(21)15-16/h2-4,6-9,15H,5,10-14H2,1H3,(H,22,25). The number of piperazine rings is 1. The van der Waals surface area contributed by atoms with Gasteiger partial charge in [0.25, 0.3) is 0 Å². The van der Waals surface area contributed by atoms with E-state index in [2.05, 4.69) is 34.3 Å². The molecule has 0 aliphatic carbocycles. The van der Waals surface area contributed by atoms with Gasteiger partial charge in [0.15, 0.2) is 0 Å². The summed E-state index contributed by atoms with van der Waals surface area (Å²) in [6.45, 7) is 4.26. The number of amides is 1. The minimum Gasteiger partial charge on any atom is -0.369 e. The second-order valence-corrected chi connectivity index (χ2v) is 6.95. The first kappa shape index (κ1) is 17.8. The van der Waals surface area contributed by atoms with Gasteiger partial charge in [0.2, 0.25) is 5.91 Å². The first-order chi connectivity index (χ1) is 12.1. The van der Waals surface area contributed by atoms with E-state index >= 15 is 0 Å². The van der Waals surface area contributed by atoms with Gasteiger partial charge in [-0.1, -0.05) is 23.7 Å². The summed E-state index contributed by atoms with van der Waals surface area (Å²) < 4.78 is 0. The Kier molecular flexibility index (Phi) is 5.95. The van der Waals surface area contributed by atoms with Crippen LogP contribution in [0, 0.1) is 0 Å². The molecule has 1 saturated heterocycles. The van der Waals surface area contributed by atoms with Crippen LogP contribution in [0.2, 0.25) is 5.02 Å². The van der Waals surface area contributed by atoms with Crippen LogP contribution in [0.5, 0.6) is 0 Å². The molecule has 0 atom stereocenters. The van der Waals surface area contributed by atoms with E-state index in [1.54, 1.807) is 0 Å².